The first-order valence-electron chi connectivity index (χ1n) is 6.53. The molecule has 0 spiro atoms. The molecule has 0 aliphatic heterocycles. The van der Waals surface area contributed by atoms with E-state index in [2.05, 4.69) is 27.7 Å². The third-order valence-corrected chi connectivity index (χ3v) is 3.85. The van der Waals surface area contributed by atoms with Crippen molar-refractivity contribution >= 4 is 5.52 Å². The summed E-state index contributed by atoms with van der Waals surface area (Å²) in [7, 11) is 0. The van der Waals surface area contributed by atoms with E-state index in [1.807, 2.05) is 6.33 Å². The molecule has 0 unspecified atom stereocenters. The molecule has 1 aliphatic rings. The number of nitrogens with two attached hydrogens (primary N) is 1. The fourth-order valence-corrected chi connectivity index (χ4v) is 2.85. The van der Waals surface area contributed by atoms with Crippen LogP contribution in [-0.2, 0) is 6.54 Å². The van der Waals surface area contributed by atoms with Gasteiger partial charge in [0.25, 0.3) is 0 Å². The second kappa shape index (κ2) is 4.49. The van der Waals surface area contributed by atoms with Gasteiger partial charge in [-0.25, -0.2) is 4.98 Å². The van der Waals surface area contributed by atoms with E-state index in [1.54, 1.807) is 0 Å². The quantitative estimate of drug-likeness (QED) is 0.860. The zero-order valence-electron chi connectivity index (χ0n) is 10.1. The molecule has 3 rings (SSSR count). The molecule has 90 valence electrons. The van der Waals surface area contributed by atoms with Crippen molar-refractivity contribution in [3.8, 4) is 0 Å². The molecule has 2 N–H and O–H groups in total. The number of rotatable bonds is 2. The Balaban J connectivity index is 1.95. The molecule has 17 heavy (non-hydrogen) atoms. The predicted molar refractivity (Wildman–Crippen MR) is 68.9 cm³/mol. The maximum absolute atomic E-state index is 5.62. The van der Waals surface area contributed by atoms with Crippen molar-refractivity contribution in [3.05, 3.63) is 35.9 Å². The summed E-state index contributed by atoms with van der Waals surface area (Å²) < 4.78 is 2.11. The highest BCUT2D eigenvalue weighted by Gasteiger charge is 2.16. The lowest BCUT2D eigenvalue weighted by molar-refractivity contribution is 0.444. The van der Waals surface area contributed by atoms with Gasteiger partial charge in [-0.15, -0.1) is 0 Å². The van der Waals surface area contributed by atoms with Crippen LogP contribution in [0.1, 0.15) is 49.3 Å². The zero-order valence-corrected chi connectivity index (χ0v) is 10.1. The molecule has 2 aromatic rings. The third kappa shape index (κ3) is 2.07. The molecule has 3 heteroatoms. The molecule has 1 aliphatic carbocycles. The smallest absolute Gasteiger partial charge is 0.0994 e. The SMILES string of the molecule is NCc1cc2cc(C3CCCCC3)cn2cn1. The van der Waals surface area contributed by atoms with Crippen LogP contribution in [-0.4, -0.2) is 9.38 Å². The van der Waals surface area contributed by atoms with Crippen LogP contribution in [0.5, 0.6) is 0 Å². The monoisotopic (exact) mass is 229 g/mol. The summed E-state index contributed by atoms with van der Waals surface area (Å²) >= 11 is 0. The van der Waals surface area contributed by atoms with Crippen molar-refractivity contribution in [3.63, 3.8) is 0 Å². The summed E-state index contributed by atoms with van der Waals surface area (Å²) in [5.41, 5.74) is 9.28. The summed E-state index contributed by atoms with van der Waals surface area (Å²) in [4.78, 5) is 4.32. The van der Waals surface area contributed by atoms with E-state index in [9.17, 15) is 0 Å². The highest BCUT2D eigenvalue weighted by atomic mass is 14.9. The fourth-order valence-electron chi connectivity index (χ4n) is 2.85. The molecule has 2 heterocycles. The van der Waals surface area contributed by atoms with Gasteiger partial charge >= 0.3 is 0 Å². The highest BCUT2D eigenvalue weighted by Crippen LogP contribution is 2.33. The van der Waals surface area contributed by atoms with Crippen LogP contribution in [0, 0.1) is 0 Å². The molecule has 3 nitrogen and oxygen atoms in total. The Morgan fingerprint density at radius 3 is 2.82 bits per heavy atom. The van der Waals surface area contributed by atoms with Gasteiger partial charge in [0.05, 0.1) is 12.0 Å². The highest BCUT2D eigenvalue weighted by molar-refractivity contribution is 5.51. The lowest BCUT2D eigenvalue weighted by Crippen LogP contribution is -2.03. The van der Waals surface area contributed by atoms with E-state index in [4.69, 9.17) is 5.73 Å². The maximum atomic E-state index is 5.62. The Kier molecular flexibility index (Phi) is 2.85. The van der Waals surface area contributed by atoms with E-state index in [1.165, 1.54) is 43.2 Å². The molecule has 0 amide bonds. The van der Waals surface area contributed by atoms with E-state index in [0.717, 1.165) is 11.6 Å². The fraction of sp³-hybridized carbons (Fsp3) is 0.500. The minimum absolute atomic E-state index is 0.514. The first-order chi connectivity index (χ1) is 8.36. The van der Waals surface area contributed by atoms with Crippen LogP contribution in [0.4, 0.5) is 0 Å². The molecule has 0 aromatic carbocycles. The molecule has 0 radical (unpaired) electrons. The molecule has 0 saturated heterocycles. The van der Waals surface area contributed by atoms with Crippen molar-refractivity contribution in [1.82, 2.24) is 9.38 Å². The van der Waals surface area contributed by atoms with Crippen molar-refractivity contribution in [2.45, 2.75) is 44.6 Å². The van der Waals surface area contributed by atoms with Gasteiger partial charge in [0.2, 0.25) is 0 Å². The minimum atomic E-state index is 0.514. The lowest BCUT2D eigenvalue weighted by Gasteiger charge is -2.20. The number of nitrogens with zero attached hydrogens (tertiary/aromatic N) is 2. The van der Waals surface area contributed by atoms with E-state index < -0.39 is 0 Å². The molecule has 2 aromatic heterocycles. The van der Waals surface area contributed by atoms with Crippen LogP contribution in [0.3, 0.4) is 0 Å². The van der Waals surface area contributed by atoms with Gasteiger partial charge in [0, 0.05) is 18.3 Å². The standard InChI is InChI=1S/C14H19N3/c15-8-13-7-14-6-12(9-17(14)10-16-13)11-4-2-1-3-5-11/h6-7,9-11H,1-5,8,15H2. The van der Waals surface area contributed by atoms with E-state index >= 15 is 0 Å². The largest absolute Gasteiger partial charge is 0.325 e. The second-order valence-electron chi connectivity index (χ2n) is 5.02. The number of hydrogen-bond donors (Lipinski definition) is 1. The molecular formula is C14H19N3. The topological polar surface area (TPSA) is 43.3 Å². The van der Waals surface area contributed by atoms with Crippen LogP contribution in [0.15, 0.2) is 24.7 Å². The van der Waals surface area contributed by atoms with E-state index in [0.29, 0.717) is 6.54 Å². The van der Waals surface area contributed by atoms with Crippen LogP contribution < -0.4 is 5.73 Å². The van der Waals surface area contributed by atoms with Gasteiger partial charge in [-0.3, -0.25) is 0 Å². The van der Waals surface area contributed by atoms with Gasteiger partial charge in [-0.1, -0.05) is 19.3 Å². The second-order valence-corrected chi connectivity index (χ2v) is 5.02. The van der Waals surface area contributed by atoms with E-state index in [-0.39, 0.29) is 0 Å². The minimum Gasteiger partial charge on any atom is -0.325 e. The molecule has 0 atom stereocenters. The number of fused-ring (bicyclic) bond motifs is 1. The van der Waals surface area contributed by atoms with Crippen molar-refractivity contribution in [2.24, 2.45) is 5.73 Å². The Hall–Kier alpha value is -1.35. The maximum Gasteiger partial charge on any atom is 0.0994 e. The van der Waals surface area contributed by atoms with Crippen molar-refractivity contribution in [2.75, 3.05) is 0 Å². The van der Waals surface area contributed by atoms with Crippen LogP contribution in [0.25, 0.3) is 5.52 Å². The molecule has 1 fully saturated rings. The molecule has 0 bridgehead atoms. The van der Waals surface area contributed by atoms with Gasteiger partial charge < -0.3 is 10.1 Å². The van der Waals surface area contributed by atoms with Gasteiger partial charge in [0.1, 0.15) is 0 Å². The third-order valence-electron chi connectivity index (χ3n) is 3.85. The zero-order chi connectivity index (χ0) is 11.7. The molecular weight excluding hydrogens is 210 g/mol. The van der Waals surface area contributed by atoms with Crippen LogP contribution >= 0.6 is 0 Å². The summed E-state index contributed by atoms with van der Waals surface area (Å²) in [5, 5.41) is 0. The Morgan fingerprint density at radius 2 is 2.06 bits per heavy atom. The Labute approximate surface area is 102 Å². The number of hydrogen-bond acceptors (Lipinski definition) is 2. The summed E-state index contributed by atoms with van der Waals surface area (Å²) in [5.74, 6) is 0.755. The normalized spacial score (nSPS) is 17.7. The first-order valence-corrected chi connectivity index (χ1v) is 6.53. The summed E-state index contributed by atoms with van der Waals surface area (Å²) in [6.07, 6.45) is 11.0. The van der Waals surface area contributed by atoms with Crippen molar-refractivity contribution in [1.29, 1.82) is 0 Å². The van der Waals surface area contributed by atoms with Crippen molar-refractivity contribution < 1.29 is 0 Å². The average molecular weight is 229 g/mol. The predicted octanol–water partition coefficient (Wildman–Crippen LogP) is 2.84. The summed E-state index contributed by atoms with van der Waals surface area (Å²) in [6, 6.07) is 4.39. The first kappa shape index (κ1) is 10.8. The van der Waals surface area contributed by atoms with Gasteiger partial charge in [0.15, 0.2) is 0 Å². The number of aromatic nitrogens is 2. The Bertz CT molecular complexity index is 509. The van der Waals surface area contributed by atoms with Gasteiger partial charge in [-0.2, -0.15) is 0 Å². The molecule has 1 saturated carbocycles. The van der Waals surface area contributed by atoms with Gasteiger partial charge in [-0.05, 0) is 36.5 Å². The Morgan fingerprint density at radius 1 is 1.24 bits per heavy atom. The summed E-state index contributed by atoms with van der Waals surface area (Å²) in [6.45, 7) is 0.514. The average Bonchev–Trinajstić information content (AvgIpc) is 2.82. The lowest BCUT2D eigenvalue weighted by atomic mass is 9.85. The van der Waals surface area contributed by atoms with Crippen LogP contribution in [0.2, 0.25) is 0 Å².